The van der Waals surface area contributed by atoms with Crippen molar-refractivity contribution in [2.75, 3.05) is 6.61 Å². The molecule has 1 unspecified atom stereocenters. The van der Waals surface area contributed by atoms with Crippen LogP contribution in [0.25, 0.3) is 0 Å². The Kier molecular flexibility index (Phi) is 4.03. The Morgan fingerprint density at radius 2 is 2.00 bits per heavy atom. The van der Waals surface area contributed by atoms with Gasteiger partial charge in [-0.25, -0.2) is 0 Å². The molecule has 0 aromatic heterocycles. The third-order valence-electron chi connectivity index (χ3n) is 2.10. The molecule has 0 radical (unpaired) electrons. The molecule has 80 valence electrons. The minimum atomic E-state index is -0.564. The van der Waals surface area contributed by atoms with Crippen molar-refractivity contribution in [2.45, 2.75) is 19.8 Å². The molecule has 0 fully saturated rings. The zero-order chi connectivity index (χ0) is 11.3. The summed E-state index contributed by atoms with van der Waals surface area (Å²) >= 11 is 0. The molecule has 0 aliphatic heterocycles. The van der Waals surface area contributed by atoms with Crippen molar-refractivity contribution in [3.63, 3.8) is 0 Å². The molecule has 1 aromatic rings. The van der Waals surface area contributed by atoms with Gasteiger partial charge in [-0.15, -0.1) is 0 Å². The standard InChI is InChI=1S/C12H15NO2/c1-3-15-12(13)11(9(2)14)10-7-5-4-6-8-10/h4-8,11,13H,3H2,1-2H3. The Bertz CT molecular complexity index is 346. The highest BCUT2D eigenvalue weighted by atomic mass is 16.5. The number of benzene rings is 1. The molecule has 15 heavy (non-hydrogen) atoms. The summed E-state index contributed by atoms with van der Waals surface area (Å²) in [7, 11) is 0. The van der Waals surface area contributed by atoms with Crippen molar-refractivity contribution in [1.82, 2.24) is 0 Å². The van der Waals surface area contributed by atoms with Crippen LogP contribution in [0.3, 0.4) is 0 Å². The van der Waals surface area contributed by atoms with Gasteiger partial charge in [-0.2, -0.15) is 0 Å². The van der Waals surface area contributed by atoms with Gasteiger partial charge in [0.25, 0.3) is 0 Å². The predicted octanol–water partition coefficient (Wildman–Crippen LogP) is 2.37. The first-order chi connectivity index (χ1) is 7.16. The van der Waals surface area contributed by atoms with E-state index in [2.05, 4.69) is 0 Å². The average Bonchev–Trinajstić information content (AvgIpc) is 2.19. The van der Waals surface area contributed by atoms with E-state index in [1.54, 1.807) is 6.92 Å². The topological polar surface area (TPSA) is 50.1 Å². The van der Waals surface area contributed by atoms with Crippen LogP contribution in [0.4, 0.5) is 0 Å². The predicted molar refractivity (Wildman–Crippen MR) is 59.2 cm³/mol. The zero-order valence-corrected chi connectivity index (χ0v) is 8.99. The third-order valence-corrected chi connectivity index (χ3v) is 2.10. The molecule has 1 N–H and O–H groups in total. The first-order valence-electron chi connectivity index (χ1n) is 4.93. The number of ketones is 1. The van der Waals surface area contributed by atoms with Gasteiger partial charge in [-0.05, 0) is 19.4 Å². The summed E-state index contributed by atoms with van der Waals surface area (Å²) in [6.07, 6.45) is 0. The minimum absolute atomic E-state index is 0.0243. The Labute approximate surface area is 89.6 Å². The lowest BCUT2D eigenvalue weighted by atomic mass is 9.95. The fourth-order valence-electron chi connectivity index (χ4n) is 1.46. The summed E-state index contributed by atoms with van der Waals surface area (Å²) in [5, 5.41) is 7.67. The van der Waals surface area contributed by atoms with Crippen molar-refractivity contribution in [3.05, 3.63) is 35.9 Å². The van der Waals surface area contributed by atoms with E-state index >= 15 is 0 Å². The summed E-state index contributed by atoms with van der Waals surface area (Å²) in [6, 6.07) is 9.25. The highest BCUT2D eigenvalue weighted by Gasteiger charge is 2.22. The van der Waals surface area contributed by atoms with Crippen LogP contribution in [-0.2, 0) is 9.53 Å². The van der Waals surface area contributed by atoms with E-state index in [9.17, 15) is 4.79 Å². The second kappa shape index (κ2) is 5.29. The SMILES string of the molecule is CCOC(=N)C(C(C)=O)c1ccccc1. The van der Waals surface area contributed by atoms with Gasteiger partial charge in [-0.1, -0.05) is 30.3 Å². The second-order valence-corrected chi connectivity index (χ2v) is 3.25. The Morgan fingerprint density at radius 1 is 1.40 bits per heavy atom. The van der Waals surface area contributed by atoms with E-state index in [1.165, 1.54) is 6.92 Å². The molecule has 1 atom stereocenters. The van der Waals surface area contributed by atoms with Crippen molar-refractivity contribution < 1.29 is 9.53 Å². The molecule has 0 heterocycles. The number of nitrogens with one attached hydrogen (secondary N) is 1. The maximum atomic E-state index is 11.4. The smallest absolute Gasteiger partial charge is 0.195 e. The first kappa shape index (κ1) is 11.4. The number of rotatable bonds is 4. The molecule has 0 aliphatic rings. The normalized spacial score (nSPS) is 11.9. The summed E-state index contributed by atoms with van der Waals surface area (Å²) < 4.78 is 5.08. The average molecular weight is 205 g/mol. The maximum Gasteiger partial charge on any atom is 0.195 e. The van der Waals surface area contributed by atoms with Crippen molar-refractivity contribution in [1.29, 1.82) is 5.41 Å². The lowest BCUT2D eigenvalue weighted by Gasteiger charge is -2.15. The number of hydrogen-bond donors (Lipinski definition) is 1. The van der Waals surface area contributed by atoms with Gasteiger partial charge in [0.1, 0.15) is 11.7 Å². The molecule has 3 nitrogen and oxygen atoms in total. The summed E-state index contributed by atoms with van der Waals surface area (Å²) in [5.41, 5.74) is 0.809. The van der Waals surface area contributed by atoms with E-state index in [4.69, 9.17) is 10.1 Å². The van der Waals surface area contributed by atoms with Gasteiger partial charge in [0.2, 0.25) is 0 Å². The monoisotopic (exact) mass is 205 g/mol. The van der Waals surface area contributed by atoms with Crippen LogP contribution < -0.4 is 0 Å². The molecule has 0 amide bonds. The number of hydrogen-bond acceptors (Lipinski definition) is 3. The first-order valence-corrected chi connectivity index (χ1v) is 4.93. The largest absolute Gasteiger partial charge is 0.481 e. The van der Waals surface area contributed by atoms with E-state index in [-0.39, 0.29) is 11.7 Å². The van der Waals surface area contributed by atoms with Gasteiger partial charge in [0.05, 0.1) is 6.61 Å². The van der Waals surface area contributed by atoms with Crippen LogP contribution >= 0.6 is 0 Å². The molecule has 3 heteroatoms. The number of carbonyl (C=O) groups excluding carboxylic acids is 1. The second-order valence-electron chi connectivity index (χ2n) is 3.25. The van der Waals surface area contributed by atoms with Crippen LogP contribution in [0.2, 0.25) is 0 Å². The van der Waals surface area contributed by atoms with Gasteiger partial charge in [0, 0.05) is 0 Å². The highest BCUT2D eigenvalue weighted by Crippen LogP contribution is 2.18. The molecule has 1 rings (SSSR count). The van der Waals surface area contributed by atoms with E-state index < -0.39 is 5.92 Å². The molecular formula is C12H15NO2. The molecule has 0 bridgehead atoms. The molecule has 0 saturated heterocycles. The maximum absolute atomic E-state index is 11.4. The third kappa shape index (κ3) is 2.91. The van der Waals surface area contributed by atoms with Gasteiger partial charge in [0.15, 0.2) is 5.90 Å². The number of Topliss-reactive ketones (excluding diaryl/α,β-unsaturated/α-hetero) is 1. The molecule has 0 saturated carbocycles. The lowest BCUT2D eigenvalue weighted by molar-refractivity contribution is -0.117. The Balaban J connectivity index is 2.94. The zero-order valence-electron chi connectivity index (χ0n) is 8.99. The van der Waals surface area contributed by atoms with E-state index in [0.29, 0.717) is 6.61 Å². The van der Waals surface area contributed by atoms with E-state index in [0.717, 1.165) is 5.56 Å². The Morgan fingerprint density at radius 3 is 2.47 bits per heavy atom. The number of ether oxygens (including phenoxy) is 1. The number of carbonyl (C=O) groups is 1. The van der Waals surface area contributed by atoms with Crippen LogP contribution in [0.5, 0.6) is 0 Å². The molecule has 0 aliphatic carbocycles. The summed E-state index contributed by atoms with van der Waals surface area (Å²) in [6.45, 7) is 3.69. The van der Waals surface area contributed by atoms with Crippen molar-refractivity contribution >= 4 is 11.7 Å². The molecule has 0 spiro atoms. The highest BCUT2D eigenvalue weighted by molar-refractivity contribution is 6.04. The quantitative estimate of drug-likeness (QED) is 0.606. The van der Waals surface area contributed by atoms with Gasteiger partial charge < -0.3 is 4.74 Å². The minimum Gasteiger partial charge on any atom is -0.481 e. The van der Waals surface area contributed by atoms with Crippen LogP contribution in [-0.4, -0.2) is 18.3 Å². The molecular weight excluding hydrogens is 190 g/mol. The summed E-state index contributed by atoms with van der Waals surface area (Å²) in [4.78, 5) is 11.4. The van der Waals surface area contributed by atoms with Gasteiger partial charge in [-0.3, -0.25) is 10.2 Å². The summed E-state index contributed by atoms with van der Waals surface area (Å²) in [5.74, 6) is -0.609. The fourth-order valence-corrected chi connectivity index (χ4v) is 1.46. The molecule has 1 aromatic carbocycles. The van der Waals surface area contributed by atoms with Crippen LogP contribution in [0, 0.1) is 5.41 Å². The Hall–Kier alpha value is -1.64. The van der Waals surface area contributed by atoms with Crippen molar-refractivity contribution in [2.24, 2.45) is 0 Å². The lowest BCUT2D eigenvalue weighted by Crippen LogP contribution is -2.21. The van der Waals surface area contributed by atoms with Gasteiger partial charge >= 0.3 is 0 Å². The van der Waals surface area contributed by atoms with E-state index in [1.807, 2.05) is 30.3 Å². The van der Waals surface area contributed by atoms with Crippen LogP contribution in [0.1, 0.15) is 25.3 Å². The van der Waals surface area contributed by atoms with Crippen molar-refractivity contribution in [3.8, 4) is 0 Å². The van der Waals surface area contributed by atoms with Crippen LogP contribution in [0.15, 0.2) is 30.3 Å². The fraction of sp³-hybridized carbons (Fsp3) is 0.333.